The van der Waals surface area contributed by atoms with Gasteiger partial charge in [-0.3, -0.25) is 5.73 Å². The molecule has 22 valence electrons. The van der Waals surface area contributed by atoms with Crippen LogP contribution in [0, 0.1) is 0 Å². The van der Waals surface area contributed by atoms with Crippen molar-refractivity contribution in [2.75, 3.05) is 0 Å². The predicted molar refractivity (Wildman–Crippen MR) is 13.9 cm³/mol. The van der Waals surface area contributed by atoms with E-state index in [4.69, 9.17) is 5.53 Å². The van der Waals surface area contributed by atoms with Crippen LogP contribution in [0.3, 0.4) is 0 Å². The van der Waals surface area contributed by atoms with E-state index in [2.05, 4.69) is 10.5 Å². The van der Waals surface area contributed by atoms with Gasteiger partial charge in [-0.05, 0) is 0 Å². The summed E-state index contributed by atoms with van der Waals surface area (Å²) in [5.74, 6) is 0. The van der Waals surface area contributed by atoms with Gasteiger partial charge in [0.15, 0.2) is 0 Å². The third-order valence-electron chi connectivity index (χ3n) is 0.0667. The molecule has 0 spiro atoms. The maximum absolute atomic E-state index is 7.32. The number of nitrogens with two attached hydrogens (primary N) is 1. The molecule has 0 fully saturated rings. The second-order valence-electron chi connectivity index (χ2n) is 0.265. The maximum Gasteiger partial charge on any atom is 0.312 e. The van der Waals surface area contributed by atoms with Crippen LogP contribution in [-0.4, -0.2) is 11.1 Å². The van der Waals surface area contributed by atoms with Crippen molar-refractivity contribution in [1.82, 2.24) is 0 Å². The van der Waals surface area contributed by atoms with E-state index in [1.54, 1.807) is 0 Å². The van der Waals surface area contributed by atoms with Gasteiger partial charge in [0.05, 0.1) is 0 Å². The van der Waals surface area contributed by atoms with Crippen molar-refractivity contribution < 1.29 is 4.79 Å². The van der Waals surface area contributed by atoms with E-state index < -0.39 is 0 Å². The topological polar surface area (TPSA) is 62.4 Å². The molecule has 0 radical (unpaired) electrons. The summed E-state index contributed by atoms with van der Waals surface area (Å²) < 4.78 is 0. The second kappa shape index (κ2) is 2.18. The van der Waals surface area contributed by atoms with E-state index in [1.165, 1.54) is 0 Å². The lowest BCUT2D eigenvalue weighted by molar-refractivity contribution is 0.00204. The second-order valence-corrected chi connectivity index (χ2v) is 0.265. The molecule has 0 aliphatic rings. The zero-order valence-electron chi connectivity index (χ0n) is 2.05. The number of hydrogen-bond acceptors (Lipinski definition) is 0. The van der Waals surface area contributed by atoms with Crippen LogP contribution in [0.4, 0.5) is 0 Å². The Hall–Kier alpha value is -0.820. The average molecular weight is 57.1 g/mol. The summed E-state index contributed by atoms with van der Waals surface area (Å²) in [5, 5.41) is 0. The first-order valence-corrected chi connectivity index (χ1v) is 0.792. The van der Waals surface area contributed by atoms with Gasteiger partial charge in [0.25, 0.3) is 0 Å². The van der Waals surface area contributed by atoms with Crippen molar-refractivity contribution in [3.8, 4) is 0 Å². The molecule has 0 aromatic carbocycles. The van der Waals surface area contributed by atoms with Crippen LogP contribution in [0.1, 0.15) is 0 Å². The molecule has 0 rings (SSSR count). The molecule has 2 N–H and O–H groups in total. The lowest BCUT2D eigenvalue weighted by Gasteiger charge is -1.43. The number of hydrogen-bond donors (Lipinski definition) is 1. The summed E-state index contributed by atoms with van der Waals surface area (Å²) in [4.78, 5) is 2.39. The van der Waals surface area contributed by atoms with Gasteiger partial charge >= 0.3 is 6.34 Å². The fraction of sp³-hybridized carbons (Fsp3) is 0. The Morgan fingerprint density at radius 3 is 2.25 bits per heavy atom. The molecule has 0 aliphatic heterocycles. The molecule has 0 amide bonds. The summed E-state index contributed by atoms with van der Waals surface area (Å²) in [5.41, 5.74) is 11.8. The Bertz CT molecular complexity index is 41.2. The minimum Gasteiger partial charge on any atom is -0.498 e. The van der Waals surface area contributed by atoms with Crippen LogP contribution < -0.4 is 5.73 Å². The Kier molecular flexibility index (Phi) is 1.73. The first-order valence-electron chi connectivity index (χ1n) is 0.792. The van der Waals surface area contributed by atoms with Crippen molar-refractivity contribution in [3.63, 3.8) is 0 Å². The Morgan fingerprint density at radius 1 is 2.00 bits per heavy atom. The monoisotopic (exact) mass is 57.0 g/mol. The number of nitrogens with zero attached hydrogens (tertiary/aromatic N) is 2. The smallest absolute Gasteiger partial charge is 0.312 e. The minimum absolute atomic E-state index is 0.806. The lowest BCUT2D eigenvalue weighted by Crippen LogP contribution is -1.86. The van der Waals surface area contributed by atoms with Gasteiger partial charge in [-0.1, -0.05) is 0 Å². The summed E-state index contributed by atoms with van der Waals surface area (Å²) in [6.45, 7) is 0. The molecule has 4 heavy (non-hydrogen) atoms. The molecular formula is CH3N3. The van der Waals surface area contributed by atoms with Crippen LogP contribution in [0.25, 0.3) is 5.53 Å². The van der Waals surface area contributed by atoms with E-state index in [9.17, 15) is 0 Å². The fourth-order valence-electron chi connectivity index (χ4n) is 0. The fourth-order valence-corrected chi connectivity index (χ4v) is 0. The highest BCUT2D eigenvalue weighted by molar-refractivity contribution is 5.42. The third kappa shape index (κ3) is 1.18. The molecule has 3 nitrogen and oxygen atoms in total. The van der Waals surface area contributed by atoms with E-state index in [1.807, 2.05) is 0 Å². The number of rotatable bonds is 0. The van der Waals surface area contributed by atoms with E-state index in [0.717, 1.165) is 6.34 Å². The average Bonchev–Trinajstić information content (AvgIpc) is 1.37. The molecule has 0 saturated heterocycles. The summed E-state index contributed by atoms with van der Waals surface area (Å²) in [7, 11) is 0. The third-order valence-corrected chi connectivity index (χ3v) is 0.0667. The van der Waals surface area contributed by atoms with Crippen molar-refractivity contribution in [2.45, 2.75) is 0 Å². The van der Waals surface area contributed by atoms with Crippen molar-refractivity contribution in [1.29, 1.82) is 0 Å². The standard InChI is InChI=1S/CH3N3/c2-1-4-3/h1H,2H2. The van der Waals surface area contributed by atoms with E-state index in [0.29, 0.717) is 0 Å². The maximum atomic E-state index is 7.32. The van der Waals surface area contributed by atoms with Gasteiger partial charge in [-0.25, -0.2) is 0 Å². The van der Waals surface area contributed by atoms with Gasteiger partial charge in [0.1, 0.15) is 0 Å². The van der Waals surface area contributed by atoms with E-state index >= 15 is 0 Å². The van der Waals surface area contributed by atoms with Gasteiger partial charge in [-0.15, -0.1) is 0 Å². The molecule has 0 atom stereocenters. The highest BCUT2D eigenvalue weighted by Gasteiger charge is 1.31. The van der Waals surface area contributed by atoms with Crippen LogP contribution >= 0.6 is 0 Å². The minimum atomic E-state index is 0.806. The van der Waals surface area contributed by atoms with Crippen molar-refractivity contribution in [2.24, 2.45) is 5.73 Å². The predicted octanol–water partition coefficient (Wildman–Crippen LogP) is -0.797. The van der Waals surface area contributed by atoms with Gasteiger partial charge < -0.3 is 10.3 Å². The molecule has 0 aromatic rings. The first kappa shape index (κ1) is 3.18. The Morgan fingerprint density at radius 2 is 2.25 bits per heavy atom. The van der Waals surface area contributed by atoms with Crippen LogP contribution in [0.15, 0.2) is 0 Å². The quantitative estimate of drug-likeness (QED) is 0.168. The largest absolute Gasteiger partial charge is 0.498 e. The molecule has 0 saturated carbocycles. The van der Waals surface area contributed by atoms with Crippen molar-refractivity contribution in [3.05, 3.63) is 5.53 Å². The van der Waals surface area contributed by atoms with Crippen LogP contribution in [0.5, 0.6) is 0 Å². The van der Waals surface area contributed by atoms with Gasteiger partial charge in [0.2, 0.25) is 0 Å². The summed E-state index contributed by atoms with van der Waals surface area (Å²) in [6, 6.07) is 0. The molecular weight excluding hydrogens is 54.0 g/mol. The molecule has 0 heterocycles. The van der Waals surface area contributed by atoms with Crippen LogP contribution in [0.2, 0.25) is 0 Å². The summed E-state index contributed by atoms with van der Waals surface area (Å²) >= 11 is 0. The molecule has 0 aliphatic carbocycles. The first-order chi connectivity index (χ1) is 1.91. The Labute approximate surface area is 23.7 Å². The SMILES string of the molecule is [N-]=[N+]=CN. The Balaban J connectivity index is 3.11. The lowest BCUT2D eigenvalue weighted by atomic mass is 11.4. The molecule has 0 unspecified atom stereocenters. The van der Waals surface area contributed by atoms with E-state index in [-0.39, 0.29) is 0 Å². The van der Waals surface area contributed by atoms with Gasteiger partial charge in [-0.2, -0.15) is 0 Å². The molecule has 0 bridgehead atoms. The highest BCUT2D eigenvalue weighted by atomic mass is 14.9. The highest BCUT2D eigenvalue weighted by Crippen LogP contribution is 1.00. The molecule has 0 aromatic heterocycles. The van der Waals surface area contributed by atoms with Crippen molar-refractivity contribution >= 4 is 6.34 Å². The normalized spacial score (nSPS) is 4.00. The van der Waals surface area contributed by atoms with Crippen LogP contribution in [-0.2, 0) is 0 Å². The zero-order chi connectivity index (χ0) is 3.41. The molecule has 3 heteroatoms. The summed E-state index contributed by atoms with van der Waals surface area (Å²) in [6.07, 6.45) is 0.806. The van der Waals surface area contributed by atoms with Gasteiger partial charge in [0, 0.05) is 0 Å². The zero-order valence-corrected chi connectivity index (χ0v) is 2.05.